The van der Waals surface area contributed by atoms with Crippen molar-refractivity contribution in [3.63, 3.8) is 0 Å². The summed E-state index contributed by atoms with van der Waals surface area (Å²) in [5.41, 5.74) is 0.324. The molecule has 0 saturated heterocycles. The molecule has 36 heavy (non-hydrogen) atoms. The fourth-order valence-electron chi connectivity index (χ4n) is 3.59. The van der Waals surface area contributed by atoms with Crippen molar-refractivity contribution in [1.29, 1.82) is 0 Å². The Hall–Kier alpha value is -3.76. The number of aromatic nitrogens is 4. The minimum Gasteiger partial charge on any atom is -0.508 e. The summed E-state index contributed by atoms with van der Waals surface area (Å²) in [6.07, 6.45) is 0. The van der Waals surface area contributed by atoms with Gasteiger partial charge in [-0.3, -0.25) is 14.5 Å². The van der Waals surface area contributed by atoms with Gasteiger partial charge in [0.05, 0.1) is 4.88 Å². The molecular weight excluding hydrogens is 500 g/mol. The van der Waals surface area contributed by atoms with Crippen LogP contribution in [0.25, 0.3) is 10.7 Å². The summed E-state index contributed by atoms with van der Waals surface area (Å²) in [4.78, 5) is 30.7. The van der Waals surface area contributed by atoms with Crippen LogP contribution < -0.4 is 10.2 Å². The zero-order valence-electron chi connectivity index (χ0n) is 19.9. The van der Waals surface area contributed by atoms with Gasteiger partial charge in [-0.25, -0.2) is 0 Å². The van der Waals surface area contributed by atoms with E-state index in [0.29, 0.717) is 22.1 Å². The molecule has 9 nitrogen and oxygen atoms in total. The number of hydrogen-bond acceptors (Lipinski definition) is 7. The van der Waals surface area contributed by atoms with Gasteiger partial charge in [-0.05, 0) is 67.3 Å². The van der Waals surface area contributed by atoms with Crippen LogP contribution in [0.15, 0.2) is 66.0 Å². The maximum Gasteiger partial charge on any atom is 0.251 e. The number of benzene rings is 2. The van der Waals surface area contributed by atoms with Gasteiger partial charge in [0.1, 0.15) is 18.3 Å². The SMILES string of the molecule is CC(C)(C)NC(=O)C(c1ccc(Cl)cc1)N(C(=O)Cn1nnc(-c2cccs2)n1)c1cccc(O)c1. The van der Waals surface area contributed by atoms with Gasteiger partial charge in [0.25, 0.3) is 5.91 Å². The van der Waals surface area contributed by atoms with Crippen LogP contribution in [0.1, 0.15) is 32.4 Å². The molecule has 1 unspecified atom stereocenters. The Morgan fingerprint density at radius 2 is 1.89 bits per heavy atom. The summed E-state index contributed by atoms with van der Waals surface area (Å²) in [6, 6.07) is 15.6. The molecule has 11 heteroatoms. The highest BCUT2D eigenvalue weighted by atomic mass is 35.5. The highest BCUT2D eigenvalue weighted by Crippen LogP contribution is 2.31. The molecule has 186 valence electrons. The summed E-state index contributed by atoms with van der Waals surface area (Å²) in [6.45, 7) is 5.29. The van der Waals surface area contributed by atoms with Crippen LogP contribution in [0.4, 0.5) is 5.69 Å². The van der Waals surface area contributed by atoms with E-state index in [0.717, 1.165) is 4.88 Å². The fraction of sp³-hybridized carbons (Fsp3) is 0.240. The van der Waals surface area contributed by atoms with Crippen LogP contribution in [0.2, 0.25) is 5.02 Å². The van der Waals surface area contributed by atoms with Crippen LogP contribution in [0, 0.1) is 0 Å². The topological polar surface area (TPSA) is 113 Å². The Labute approximate surface area is 217 Å². The van der Waals surface area contributed by atoms with E-state index >= 15 is 0 Å². The number of tetrazole rings is 1. The molecule has 2 heterocycles. The average molecular weight is 525 g/mol. The lowest BCUT2D eigenvalue weighted by molar-refractivity contribution is -0.128. The molecule has 0 aliphatic rings. The van der Waals surface area contributed by atoms with Crippen molar-refractivity contribution >= 4 is 40.4 Å². The Morgan fingerprint density at radius 1 is 1.14 bits per heavy atom. The van der Waals surface area contributed by atoms with E-state index in [-0.39, 0.29) is 12.3 Å². The third-order valence-corrected chi connectivity index (χ3v) is 6.16. The van der Waals surface area contributed by atoms with Crippen LogP contribution >= 0.6 is 22.9 Å². The normalized spacial score (nSPS) is 12.2. The maximum atomic E-state index is 13.8. The summed E-state index contributed by atoms with van der Waals surface area (Å²) in [5, 5.41) is 27.9. The first-order valence-corrected chi connectivity index (χ1v) is 12.4. The quantitative estimate of drug-likeness (QED) is 0.369. The predicted molar refractivity (Wildman–Crippen MR) is 139 cm³/mol. The van der Waals surface area contributed by atoms with E-state index in [1.165, 1.54) is 33.2 Å². The second kappa shape index (κ2) is 10.5. The van der Waals surface area contributed by atoms with Gasteiger partial charge in [0.2, 0.25) is 11.7 Å². The van der Waals surface area contributed by atoms with E-state index in [9.17, 15) is 14.7 Å². The van der Waals surface area contributed by atoms with Crippen LogP contribution in [0.5, 0.6) is 5.75 Å². The number of phenols is 1. The maximum absolute atomic E-state index is 13.8. The van der Waals surface area contributed by atoms with Gasteiger partial charge >= 0.3 is 0 Å². The predicted octanol–water partition coefficient (Wildman–Crippen LogP) is 4.45. The second-order valence-electron chi connectivity index (χ2n) is 9.10. The first-order valence-electron chi connectivity index (χ1n) is 11.1. The van der Waals surface area contributed by atoms with Crippen LogP contribution in [0.3, 0.4) is 0 Å². The van der Waals surface area contributed by atoms with Crippen molar-refractivity contribution < 1.29 is 14.7 Å². The number of nitrogens with one attached hydrogen (secondary N) is 1. The van der Waals surface area contributed by atoms with Crippen LogP contribution in [-0.2, 0) is 16.1 Å². The van der Waals surface area contributed by atoms with E-state index in [2.05, 4.69) is 20.7 Å². The number of carbonyl (C=O) groups is 2. The van der Waals surface area contributed by atoms with Crippen molar-refractivity contribution in [3.05, 3.63) is 76.6 Å². The van der Waals surface area contributed by atoms with Gasteiger partial charge in [-0.15, -0.1) is 21.5 Å². The minimum absolute atomic E-state index is 0.0461. The molecule has 2 aromatic heterocycles. The Bertz CT molecular complexity index is 1350. The second-order valence-corrected chi connectivity index (χ2v) is 10.5. The molecule has 2 N–H and O–H groups in total. The standard InChI is InChI=1S/C25H25ClN6O3S/c1-25(2,3)27-24(35)22(16-9-11-17(26)12-10-16)32(18-6-4-7-19(33)14-18)21(34)15-31-29-23(28-30-31)20-8-5-13-36-20/h4-14,22,33H,15H2,1-3H3,(H,27,35). The zero-order chi connectivity index (χ0) is 25.9. The number of nitrogens with zero attached hydrogens (tertiary/aromatic N) is 5. The van der Waals surface area contributed by atoms with E-state index in [1.54, 1.807) is 36.4 Å². The van der Waals surface area contributed by atoms with Gasteiger partial charge < -0.3 is 10.4 Å². The zero-order valence-corrected chi connectivity index (χ0v) is 21.5. The molecule has 0 saturated carbocycles. The van der Waals surface area contributed by atoms with Crippen molar-refractivity contribution in [2.45, 2.75) is 38.9 Å². The number of thiophene rings is 1. The third-order valence-electron chi connectivity index (χ3n) is 5.04. The third kappa shape index (κ3) is 6.07. The molecule has 1 atom stereocenters. The lowest BCUT2D eigenvalue weighted by Crippen LogP contribution is -2.50. The summed E-state index contributed by atoms with van der Waals surface area (Å²) < 4.78 is 0. The first-order chi connectivity index (χ1) is 17.1. The molecule has 0 fully saturated rings. The number of rotatable bonds is 7. The Kier molecular flexibility index (Phi) is 7.37. The number of carbonyl (C=O) groups excluding carboxylic acids is 2. The van der Waals surface area contributed by atoms with Crippen molar-refractivity contribution in [3.8, 4) is 16.5 Å². The van der Waals surface area contributed by atoms with Crippen molar-refractivity contribution in [2.24, 2.45) is 0 Å². The minimum atomic E-state index is -1.06. The highest BCUT2D eigenvalue weighted by Gasteiger charge is 2.35. The molecule has 0 radical (unpaired) electrons. The smallest absolute Gasteiger partial charge is 0.251 e. The van der Waals surface area contributed by atoms with E-state index < -0.39 is 23.4 Å². The van der Waals surface area contributed by atoms with Gasteiger partial charge in [0.15, 0.2) is 0 Å². The van der Waals surface area contributed by atoms with Crippen molar-refractivity contribution in [1.82, 2.24) is 25.5 Å². The number of halogens is 1. The van der Waals surface area contributed by atoms with E-state index in [1.807, 2.05) is 38.3 Å². The number of phenolic OH excluding ortho intramolecular Hbond substituents is 1. The van der Waals surface area contributed by atoms with Crippen LogP contribution in [-0.4, -0.2) is 42.7 Å². The monoisotopic (exact) mass is 524 g/mol. The van der Waals surface area contributed by atoms with Gasteiger partial charge in [-0.2, -0.15) is 4.80 Å². The largest absolute Gasteiger partial charge is 0.508 e. The molecule has 0 aliphatic heterocycles. The number of amides is 2. The summed E-state index contributed by atoms with van der Waals surface area (Å²) in [7, 11) is 0. The molecule has 2 amide bonds. The molecule has 2 aromatic carbocycles. The van der Waals surface area contributed by atoms with E-state index in [4.69, 9.17) is 11.6 Å². The summed E-state index contributed by atoms with van der Waals surface area (Å²) in [5.74, 6) is -0.510. The highest BCUT2D eigenvalue weighted by molar-refractivity contribution is 7.13. The van der Waals surface area contributed by atoms with Gasteiger partial charge in [0, 0.05) is 22.3 Å². The number of hydrogen-bond donors (Lipinski definition) is 2. The fourth-order valence-corrected chi connectivity index (χ4v) is 4.37. The van der Waals surface area contributed by atoms with Gasteiger partial charge in [-0.1, -0.05) is 35.9 Å². The molecular formula is C25H25ClN6O3S. The molecule has 4 aromatic rings. The lowest BCUT2D eigenvalue weighted by atomic mass is 10.0. The molecule has 0 aliphatic carbocycles. The molecule has 4 rings (SSSR count). The van der Waals surface area contributed by atoms with Crippen molar-refractivity contribution in [2.75, 3.05) is 4.90 Å². The molecule has 0 bridgehead atoms. The molecule has 0 spiro atoms. The Balaban J connectivity index is 1.75. The Morgan fingerprint density at radius 3 is 2.53 bits per heavy atom. The number of aromatic hydroxyl groups is 1. The lowest BCUT2D eigenvalue weighted by Gasteiger charge is -2.33. The first kappa shape index (κ1) is 25.3. The number of anilines is 1. The summed E-state index contributed by atoms with van der Waals surface area (Å²) >= 11 is 7.55. The average Bonchev–Trinajstić information content (AvgIpc) is 3.49.